The summed E-state index contributed by atoms with van der Waals surface area (Å²) in [5, 5.41) is 8.91. The summed E-state index contributed by atoms with van der Waals surface area (Å²) in [6, 6.07) is 0. The van der Waals surface area contributed by atoms with Gasteiger partial charge in [0.05, 0.1) is 5.75 Å². The first-order chi connectivity index (χ1) is 7.31. The molecule has 1 aromatic rings. The van der Waals surface area contributed by atoms with Crippen LogP contribution in [0.5, 0.6) is 0 Å². The van der Waals surface area contributed by atoms with E-state index in [2.05, 4.69) is 15.0 Å². The number of hydrogen-bond acceptors (Lipinski definition) is 7. The highest BCUT2D eigenvalue weighted by molar-refractivity contribution is 8.00. The van der Waals surface area contributed by atoms with Gasteiger partial charge >= 0.3 is 5.97 Å². The predicted molar refractivity (Wildman–Crippen MR) is 61.7 cm³/mol. The van der Waals surface area contributed by atoms with Crippen molar-refractivity contribution in [2.45, 2.75) is 24.3 Å². The van der Waals surface area contributed by atoms with Crippen LogP contribution in [0.3, 0.4) is 0 Å². The standard InChI is InChI=1S/C8H13N5O2S/c1-8(2,5(14)15)16-3-4-11-6(9)13-7(10)12-4/h3H2,1-2H3,(H,14,15)(H4,9,10,11,12,13). The number of carboxylic acid groups (broad SMARTS) is 1. The normalized spacial score (nSPS) is 11.4. The van der Waals surface area contributed by atoms with Crippen molar-refractivity contribution < 1.29 is 9.90 Å². The quantitative estimate of drug-likeness (QED) is 0.680. The van der Waals surface area contributed by atoms with Crippen molar-refractivity contribution in [2.75, 3.05) is 11.5 Å². The molecule has 0 aliphatic heterocycles. The average Bonchev–Trinajstić information content (AvgIpc) is 2.13. The van der Waals surface area contributed by atoms with E-state index < -0.39 is 10.7 Å². The molecule has 5 N–H and O–H groups in total. The Labute approximate surface area is 96.7 Å². The van der Waals surface area contributed by atoms with Crippen LogP contribution in [0.2, 0.25) is 0 Å². The molecule has 0 aliphatic carbocycles. The van der Waals surface area contributed by atoms with Gasteiger partial charge in [-0.1, -0.05) is 0 Å². The number of carbonyl (C=O) groups is 1. The van der Waals surface area contributed by atoms with Crippen molar-refractivity contribution in [1.82, 2.24) is 15.0 Å². The number of nitrogens with two attached hydrogens (primary N) is 2. The second-order valence-electron chi connectivity index (χ2n) is 3.57. The van der Waals surface area contributed by atoms with Gasteiger partial charge in [0.15, 0.2) is 0 Å². The van der Waals surface area contributed by atoms with Gasteiger partial charge in [-0.3, -0.25) is 4.79 Å². The maximum atomic E-state index is 10.9. The molecule has 0 amide bonds. The van der Waals surface area contributed by atoms with Crippen molar-refractivity contribution >= 4 is 29.6 Å². The Kier molecular flexibility index (Phi) is 3.53. The van der Waals surface area contributed by atoms with E-state index in [1.54, 1.807) is 13.8 Å². The van der Waals surface area contributed by atoms with Gasteiger partial charge in [-0.05, 0) is 13.8 Å². The highest BCUT2D eigenvalue weighted by Gasteiger charge is 2.27. The van der Waals surface area contributed by atoms with E-state index in [0.717, 1.165) is 0 Å². The summed E-state index contributed by atoms with van der Waals surface area (Å²) in [7, 11) is 0. The fourth-order valence-corrected chi connectivity index (χ4v) is 1.57. The molecular weight excluding hydrogens is 230 g/mol. The molecule has 0 fully saturated rings. The molecule has 0 saturated carbocycles. The maximum Gasteiger partial charge on any atom is 0.319 e. The lowest BCUT2D eigenvalue weighted by molar-refractivity contribution is -0.138. The lowest BCUT2D eigenvalue weighted by atomic mass is 10.2. The van der Waals surface area contributed by atoms with Crippen LogP contribution in [0.4, 0.5) is 11.9 Å². The Bertz CT molecular complexity index is 389. The van der Waals surface area contributed by atoms with E-state index >= 15 is 0 Å². The molecule has 0 atom stereocenters. The number of nitrogens with zero attached hydrogens (tertiary/aromatic N) is 3. The van der Waals surface area contributed by atoms with Crippen LogP contribution in [0.15, 0.2) is 0 Å². The molecule has 0 aliphatic rings. The molecule has 1 heterocycles. The fraction of sp³-hybridized carbons (Fsp3) is 0.500. The van der Waals surface area contributed by atoms with Crippen LogP contribution < -0.4 is 11.5 Å². The topological polar surface area (TPSA) is 128 Å². The van der Waals surface area contributed by atoms with Crippen LogP contribution in [-0.2, 0) is 10.5 Å². The molecule has 88 valence electrons. The van der Waals surface area contributed by atoms with Gasteiger partial charge in [0.2, 0.25) is 11.9 Å². The Morgan fingerprint density at radius 2 is 1.81 bits per heavy atom. The largest absolute Gasteiger partial charge is 0.480 e. The first kappa shape index (κ1) is 12.5. The molecule has 1 aromatic heterocycles. The van der Waals surface area contributed by atoms with Crippen LogP contribution in [0, 0.1) is 0 Å². The van der Waals surface area contributed by atoms with E-state index in [-0.39, 0.29) is 11.9 Å². The number of nitrogen functional groups attached to an aromatic ring is 2. The van der Waals surface area contributed by atoms with Gasteiger partial charge < -0.3 is 16.6 Å². The number of anilines is 2. The predicted octanol–water partition coefficient (Wildman–Crippen LogP) is 0.132. The SMILES string of the molecule is CC(C)(SCc1nc(N)nc(N)n1)C(=O)O. The van der Waals surface area contributed by atoms with Gasteiger partial charge in [0.25, 0.3) is 0 Å². The third kappa shape index (κ3) is 3.23. The molecule has 0 spiro atoms. The summed E-state index contributed by atoms with van der Waals surface area (Å²) in [6.45, 7) is 3.21. The summed E-state index contributed by atoms with van der Waals surface area (Å²) < 4.78 is -0.907. The summed E-state index contributed by atoms with van der Waals surface area (Å²) in [6.07, 6.45) is 0. The van der Waals surface area contributed by atoms with Gasteiger partial charge in [0.1, 0.15) is 10.6 Å². The second-order valence-corrected chi connectivity index (χ2v) is 5.17. The van der Waals surface area contributed by atoms with Crippen LogP contribution in [-0.4, -0.2) is 30.8 Å². The summed E-state index contributed by atoms with van der Waals surface area (Å²) in [5.41, 5.74) is 10.8. The fourth-order valence-electron chi connectivity index (χ4n) is 0.828. The lowest BCUT2D eigenvalue weighted by Crippen LogP contribution is -2.27. The highest BCUT2D eigenvalue weighted by Crippen LogP contribution is 2.27. The zero-order valence-electron chi connectivity index (χ0n) is 8.97. The van der Waals surface area contributed by atoms with E-state index in [0.29, 0.717) is 11.6 Å². The molecule has 8 heteroatoms. The minimum atomic E-state index is -0.907. The van der Waals surface area contributed by atoms with Gasteiger partial charge in [0, 0.05) is 0 Å². The zero-order chi connectivity index (χ0) is 12.3. The molecular formula is C8H13N5O2S. The Morgan fingerprint density at radius 3 is 2.25 bits per heavy atom. The van der Waals surface area contributed by atoms with E-state index in [4.69, 9.17) is 16.6 Å². The summed E-state index contributed by atoms with van der Waals surface area (Å²) >= 11 is 1.19. The van der Waals surface area contributed by atoms with Gasteiger partial charge in [-0.15, -0.1) is 11.8 Å². The van der Waals surface area contributed by atoms with Crippen molar-refractivity contribution in [3.05, 3.63) is 5.82 Å². The average molecular weight is 243 g/mol. The molecule has 7 nitrogen and oxygen atoms in total. The number of rotatable bonds is 4. The van der Waals surface area contributed by atoms with Crippen LogP contribution in [0.25, 0.3) is 0 Å². The van der Waals surface area contributed by atoms with Crippen molar-refractivity contribution in [3.63, 3.8) is 0 Å². The monoisotopic (exact) mass is 243 g/mol. The van der Waals surface area contributed by atoms with Crippen molar-refractivity contribution in [3.8, 4) is 0 Å². The van der Waals surface area contributed by atoms with E-state index in [1.807, 2.05) is 0 Å². The van der Waals surface area contributed by atoms with Crippen LogP contribution >= 0.6 is 11.8 Å². The third-order valence-corrected chi connectivity index (χ3v) is 3.09. The highest BCUT2D eigenvalue weighted by atomic mass is 32.2. The van der Waals surface area contributed by atoms with Crippen molar-refractivity contribution in [1.29, 1.82) is 0 Å². The number of aliphatic carboxylic acids is 1. The molecule has 16 heavy (non-hydrogen) atoms. The number of aromatic nitrogens is 3. The smallest absolute Gasteiger partial charge is 0.319 e. The minimum Gasteiger partial charge on any atom is -0.480 e. The Balaban J connectivity index is 2.71. The Morgan fingerprint density at radius 1 is 1.31 bits per heavy atom. The second kappa shape index (κ2) is 4.52. The number of thioether (sulfide) groups is 1. The Hall–Kier alpha value is -1.57. The molecule has 1 rings (SSSR count). The van der Waals surface area contributed by atoms with E-state index in [9.17, 15) is 4.79 Å². The van der Waals surface area contributed by atoms with Crippen molar-refractivity contribution in [2.24, 2.45) is 0 Å². The molecule has 0 bridgehead atoms. The zero-order valence-corrected chi connectivity index (χ0v) is 9.78. The number of hydrogen-bond donors (Lipinski definition) is 3. The molecule has 0 unspecified atom stereocenters. The van der Waals surface area contributed by atoms with E-state index in [1.165, 1.54) is 11.8 Å². The number of carboxylic acids is 1. The lowest BCUT2D eigenvalue weighted by Gasteiger charge is -2.17. The van der Waals surface area contributed by atoms with Gasteiger partial charge in [-0.2, -0.15) is 15.0 Å². The van der Waals surface area contributed by atoms with Gasteiger partial charge in [-0.25, -0.2) is 0 Å². The third-order valence-electron chi connectivity index (χ3n) is 1.79. The summed E-state index contributed by atoms with van der Waals surface area (Å²) in [5.74, 6) is -0.125. The van der Waals surface area contributed by atoms with Crippen LogP contribution in [0.1, 0.15) is 19.7 Å². The maximum absolute atomic E-state index is 10.9. The first-order valence-electron chi connectivity index (χ1n) is 4.44. The molecule has 0 radical (unpaired) electrons. The first-order valence-corrected chi connectivity index (χ1v) is 5.43. The molecule has 0 saturated heterocycles. The minimum absolute atomic E-state index is 0.0382. The summed E-state index contributed by atoms with van der Waals surface area (Å²) in [4.78, 5) is 22.2. The molecule has 0 aromatic carbocycles.